The molecule has 0 bridgehead atoms. The molecule has 0 saturated carbocycles. The van der Waals surface area contributed by atoms with Crippen LogP contribution in [-0.2, 0) is 13.1 Å². The summed E-state index contributed by atoms with van der Waals surface area (Å²) in [6.07, 6.45) is 1.75. The third-order valence-electron chi connectivity index (χ3n) is 3.15. The molecule has 1 aromatic heterocycles. The maximum absolute atomic E-state index is 13.4. The van der Waals surface area contributed by atoms with Gasteiger partial charge >= 0.3 is 0 Å². The number of hydrogen-bond acceptors (Lipinski definition) is 2. The summed E-state index contributed by atoms with van der Waals surface area (Å²) in [6.45, 7) is 1.16. The van der Waals surface area contributed by atoms with Crippen LogP contribution in [0.25, 0.3) is 11.0 Å². The Morgan fingerprint density at radius 3 is 2.53 bits per heavy atom. The van der Waals surface area contributed by atoms with Crippen LogP contribution < -0.4 is 5.32 Å². The monoisotopic (exact) mass is 255 g/mol. The van der Waals surface area contributed by atoms with Crippen LogP contribution in [0.1, 0.15) is 11.1 Å². The van der Waals surface area contributed by atoms with Gasteiger partial charge in [-0.25, -0.2) is 4.39 Å². The van der Waals surface area contributed by atoms with E-state index in [1.165, 1.54) is 6.07 Å². The van der Waals surface area contributed by atoms with Crippen LogP contribution in [0.3, 0.4) is 0 Å². The minimum Gasteiger partial charge on any atom is -0.464 e. The lowest BCUT2D eigenvalue weighted by Crippen LogP contribution is -2.13. The molecule has 3 rings (SSSR count). The fraction of sp³-hybridized carbons (Fsp3) is 0.125. The second-order valence-electron chi connectivity index (χ2n) is 4.45. The van der Waals surface area contributed by atoms with Crippen molar-refractivity contribution in [3.05, 3.63) is 71.7 Å². The summed E-state index contributed by atoms with van der Waals surface area (Å²) in [4.78, 5) is 0. The Morgan fingerprint density at radius 1 is 0.895 bits per heavy atom. The van der Waals surface area contributed by atoms with Crippen molar-refractivity contribution < 1.29 is 8.81 Å². The van der Waals surface area contributed by atoms with Crippen LogP contribution in [0.4, 0.5) is 4.39 Å². The largest absolute Gasteiger partial charge is 0.464 e. The van der Waals surface area contributed by atoms with Gasteiger partial charge in [-0.15, -0.1) is 0 Å². The zero-order valence-electron chi connectivity index (χ0n) is 10.4. The van der Waals surface area contributed by atoms with E-state index in [9.17, 15) is 4.39 Å². The van der Waals surface area contributed by atoms with Crippen LogP contribution in [0.5, 0.6) is 0 Å². The molecule has 96 valence electrons. The Labute approximate surface area is 110 Å². The summed E-state index contributed by atoms with van der Waals surface area (Å²) >= 11 is 0. The van der Waals surface area contributed by atoms with Crippen molar-refractivity contribution in [1.29, 1.82) is 0 Å². The first-order chi connectivity index (χ1) is 9.34. The highest BCUT2D eigenvalue weighted by molar-refractivity contribution is 5.80. The molecule has 0 saturated heterocycles. The first-order valence-corrected chi connectivity index (χ1v) is 6.24. The van der Waals surface area contributed by atoms with Gasteiger partial charge in [0.15, 0.2) is 0 Å². The highest BCUT2D eigenvalue weighted by atomic mass is 19.1. The van der Waals surface area contributed by atoms with Crippen molar-refractivity contribution in [2.24, 2.45) is 0 Å². The molecule has 1 heterocycles. The number of para-hydroxylation sites is 1. The van der Waals surface area contributed by atoms with Crippen LogP contribution in [0, 0.1) is 5.82 Å². The minimum atomic E-state index is -0.174. The SMILES string of the molecule is Fc1ccccc1CNCc1coc2ccccc12. The Morgan fingerprint density at radius 2 is 1.63 bits per heavy atom. The Balaban J connectivity index is 1.68. The number of halogens is 1. The number of furan rings is 1. The number of fused-ring (bicyclic) bond motifs is 1. The number of hydrogen-bond donors (Lipinski definition) is 1. The number of rotatable bonds is 4. The minimum absolute atomic E-state index is 0.174. The van der Waals surface area contributed by atoms with Gasteiger partial charge in [0.25, 0.3) is 0 Å². The molecule has 0 aliphatic rings. The van der Waals surface area contributed by atoms with E-state index in [1.54, 1.807) is 18.4 Å². The standard InChI is InChI=1S/C16H14FNO/c17-15-7-3-1-5-12(15)9-18-10-13-11-19-16-8-4-2-6-14(13)16/h1-8,11,18H,9-10H2. The smallest absolute Gasteiger partial charge is 0.134 e. The Hall–Kier alpha value is -2.13. The molecular formula is C16H14FNO. The van der Waals surface area contributed by atoms with Crippen LogP contribution in [-0.4, -0.2) is 0 Å². The lowest BCUT2D eigenvalue weighted by atomic mass is 10.1. The van der Waals surface area contributed by atoms with Crippen molar-refractivity contribution >= 4 is 11.0 Å². The fourth-order valence-corrected chi connectivity index (χ4v) is 2.14. The first kappa shape index (κ1) is 11.9. The highest BCUT2D eigenvalue weighted by Gasteiger charge is 2.05. The van der Waals surface area contributed by atoms with Crippen molar-refractivity contribution in [3.63, 3.8) is 0 Å². The summed E-state index contributed by atoms with van der Waals surface area (Å²) in [6, 6.07) is 14.7. The summed E-state index contributed by atoms with van der Waals surface area (Å²) in [5, 5.41) is 4.34. The topological polar surface area (TPSA) is 25.2 Å². The summed E-state index contributed by atoms with van der Waals surface area (Å²) in [5.41, 5.74) is 2.65. The Bertz CT molecular complexity index is 690. The summed E-state index contributed by atoms with van der Waals surface area (Å²) < 4.78 is 18.9. The quantitative estimate of drug-likeness (QED) is 0.765. The molecule has 2 aromatic carbocycles. The third kappa shape index (κ3) is 2.51. The van der Waals surface area contributed by atoms with Gasteiger partial charge in [-0.2, -0.15) is 0 Å². The molecule has 0 aliphatic heterocycles. The maximum atomic E-state index is 13.4. The van der Waals surface area contributed by atoms with E-state index in [-0.39, 0.29) is 5.82 Å². The first-order valence-electron chi connectivity index (χ1n) is 6.24. The van der Waals surface area contributed by atoms with E-state index in [1.807, 2.05) is 30.3 Å². The normalized spacial score (nSPS) is 11.0. The molecule has 0 atom stereocenters. The molecule has 0 aliphatic carbocycles. The van der Waals surface area contributed by atoms with Gasteiger partial charge in [0.2, 0.25) is 0 Å². The molecule has 0 fully saturated rings. The molecule has 0 unspecified atom stereocenters. The predicted molar refractivity (Wildman–Crippen MR) is 73.2 cm³/mol. The lowest BCUT2D eigenvalue weighted by Gasteiger charge is -2.04. The second kappa shape index (κ2) is 5.24. The van der Waals surface area contributed by atoms with E-state index >= 15 is 0 Å². The molecule has 3 heteroatoms. The molecule has 19 heavy (non-hydrogen) atoms. The molecule has 0 amide bonds. The van der Waals surface area contributed by atoms with Gasteiger partial charge in [-0.05, 0) is 12.1 Å². The van der Waals surface area contributed by atoms with Gasteiger partial charge in [-0.3, -0.25) is 0 Å². The number of benzene rings is 2. The van der Waals surface area contributed by atoms with Gasteiger partial charge in [-0.1, -0.05) is 36.4 Å². The maximum Gasteiger partial charge on any atom is 0.134 e. The predicted octanol–water partition coefficient (Wildman–Crippen LogP) is 3.86. The molecule has 0 spiro atoms. The fourth-order valence-electron chi connectivity index (χ4n) is 2.14. The molecular weight excluding hydrogens is 241 g/mol. The van der Waals surface area contributed by atoms with Crippen LogP contribution in [0.15, 0.2) is 59.2 Å². The average Bonchev–Trinajstić information content (AvgIpc) is 2.85. The van der Waals surface area contributed by atoms with E-state index in [0.717, 1.165) is 16.5 Å². The summed E-state index contributed by atoms with van der Waals surface area (Å²) in [7, 11) is 0. The van der Waals surface area contributed by atoms with Crippen molar-refractivity contribution in [1.82, 2.24) is 5.32 Å². The van der Waals surface area contributed by atoms with Crippen LogP contribution in [0.2, 0.25) is 0 Å². The Kier molecular flexibility index (Phi) is 3.29. The van der Waals surface area contributed by atoms with Gasteiger partial charge in [0, 0.05) is 29.6 Å². The van der Waals surface area contributed by atoms with Crippen molar-refractivity contribution in [3.8, 4) is 0 Å². The van der Waals surface area contributed by atoms with E-state index in [2.05, 4.69) is 5.32 Å². The van der Waals surface area contributed by atoms with E-state index < -0.39 is 0 Å². The number of nitrogens with one attached hydrogen (secondary N) is 1. The van der Waals surface area contributed by atoms with Gasteiger partial charge < -0.3 is 9.73 Å². The van der Waals surface area contributed by atoms with Crippen LogP contribution >= 0.6 is 0 Å². The van der Waals surface area contributed by atoms with Gasteiger partial charge in [0.1, 0.15) is 11.4 Å². The lowest BCUT2D eigenvalue weighted by molar-refractivity contribution is 0.581. The van der Waals surface area contributed by atoms with Crippen molar-refractivity contribution in [2.45, 2.75) is 13.1 Å². The third-order valence-corrected chi connectivity index (χ3v) is 3.15. The summed E-state index contributed by atoms with van der Waals surface area (Å²) in [5.74, 6) is -0.174. The molecule has 0 radical (unpaired) electrons. The highest BCUT2D eigenvalue weighted by Crippen LogP contribution is 2.20. The molecule has 2 nitrogen and oxygen atoms in total. The van der Waals surface area contributed by atoms with E-state index in [0.29, 0.717) is 18.7 Å². The average molecular weight is 255 g/mol. The molecule has 1 N–H and O–H groups in total. The second-order valence-corrected chi connectivity index (χ2v) is 4.45. The van der Waals surface area contributed by atoms with E-state index in [4.69, 9.17) is 4.42 Å². The zero-order chi connectivity index (χ0) is 13.1. The zero-order valence-corrected chi connectivity index (χ0v) is 10.4. The van der Waals surface area contributed by atoms with Crippen molar-refractivity contribution in [2.75, 3.05) is 0 Å². The van der Waals surface area contributed by atoms with Gasteiger partial charge in [0.05, 0.1) is 6.26 Å². The molecule has 3 aromatic rings.